The lowest BCUT2D eigenvalue weighted by molar-refractivity contribution is -0.131. The van der Waals surface area contributed by atoms with Crippen LogP contribution in [-0.2, 0) is 11.2 Å². The first-order valence-electron chi connectivity index (χ1n) is 5.59. The van der Waals surface area contributed by atoms with E-state index in [4.69, 9.17) is 0 Å². The fourth-order valence-corrected chi connectivity index (χ4v) is 1.85. The first-order chi connectivity index (χ1) is 8.16. The van der Waals surface area contributed by atoms with E-state index in [1.165, 1.54) is 6.07 Å². The van der Waals surface area contributed by atoms with Gasteiger partial charge in [0.1, 0.15) is 0 Å². The summed E-state index contributed by atoms with van der Waals surface area (Å²) in [4.78, 5) is 13.6. The third-order valence-corrected chi connectivity index (χ3v) is 2.81. The Balaban J connectivity index is 0.00000162. The van der Waals surface area contributed by atoms with Crippen molar-refractivity contribution in [3.8, 4) is 0 Å². The van der Waals surface area contributed by atoms with Gasteiger partial charge in [-0.1, -0.05) is 6.07 Å². The molecule has 0 bridgehead atoms. The maximum Gasteiger partial charge on any atom is 0.227 e. The van der Waals surface area contributed by atoms with Gasteiger partial charge in [-0.15, -0.1) is 12.4 Å². The van der Waals surface area contributed by atoms with Gasteiger partial charge < -0.3 is 10.2 Å². The SMILES string of the molecule is Cl.O=C(Cc1ccc(F)c(F)c1)N1CCNCC1. The van der Waals surface area contributed by atoms with E-state index in [9.17, 15) is 13.6 Å². The van der Waals surface area contributed by atoms with Crippen molar-refractivity contribution in [2.24, 2.45) is 0 Å². The molecule has 1 saturated heterocycles. The van der Waals surface area contributed by atoms with Crippen molar-refractivity contribution in [2.45, 2.75) is 6.42 Å². The molecule has 1 aliphatic heterocycles. The Morgan fingerprint density at radius 2 is 1.89 bits per heavy atom. The van der Waals surface area contributed by atoms with Crippen molar-refractivity contribution in [3.63, 3.8) is 0 Å². The number of nitrogens with zero attached hydrogens (tertiary/aromatic N) is 1. The lowest BCUT2D eigenvalue weighted by atomic mass is 10.1. The molecule has 0 aliphatic carbocycles. The number of piperazine rings is 1. The molecule has 1 fully saturated rings. The molecular formula is C12H15ClF2N2O. The number of carbonyl (C=O) groups excluding carboxylic acids is 1. The molecule has 0 unspecified atom stereocenters. The van der Waals surface area contributed by atoms with Gasteiger partial charge in [0.15, 0.2) is 11.6 Å². The molecule has 1 amide bonds. The van der Waals surface area contributed by atoms with Gasteiger partial charge in [0.25, 0.3) is 0 Å². The lowest BCUT2D eigenvalue weighted by Crippen LogP contribution is -2.46. The van der Waals surface area contributed by atoms with Crippen LogP contribution in [0.3, 0.4) is 0 Å². The van der Waals surface area contributed by atoms with Crippen LogP contribution in [0.4, 0.5) is 8.78 Å². The summed E-state index contributed by atoms with van der Waals surface area (Å²) in [7, 11) is 0. The molecule has 0 radical (unpaired) electrons. The Morgan fingerprint density at radius 3 is 2.50 bits per heavy atom. The molecular weight excluding hydrogens is 262 g/mol. The average molecular weight is 277 g/mol. The third-order valence-electron chi connectivity index (χ3n) is 2.81. The Bertz CT molecular complexity index is 423. The van der Waals surface area contributed by atoms with E-state index < -0.39 is 11.6 Å². The smallest absolute Gasteiger partial charge is 0.227 e. The van der Waals surface area contributed by atoms with E-state index in [0.29, 0.717) is 18.7 Å². The Hall–Kier alpha value is -1.20. The van der Waals surface area contributed by atoms with Crippen LogP contribution in [0.5, 0.6) is 0 Å². The minimum atomic E-state index is -0.907. The molecule has 6 heteroatoms. The molecule has 0 aromatic heterocycles. The van der Waals surface area contributed by atoms with E-state index in [1.54, 1.807) is 4.90 Å². The van der Waals surface area contributed by atoms with Crippen LogP contribution in [0.1, 0.15) is 5.56 Å². The number of hydrogen-bond acceptors (Lipinski definition) is 2. The monoisotopic (exact) mass is 276 g/mol. The number of hydrogen-bond donors (Lipinski definition) is 1. The zero-order valence-corrected chi connectivity index (χ0v) is 10.6. The van der Waals surface area contributed by atoms with Crippen LogP contribution < -0.4 is 5.32 Å². The number of carbonyl (C=O) groups is 1. The molecule has 1 heterocycles. The molecule has 1 N–H and O–H groups in total. The minimum absolute atomic E-state index is 0. The van der Waals surface area contributed by atoms with Gasteiger partial charge in [0.2, 0.25) is 5.91 Å². The second-order valence-corrected chi connectivity index (χ2v) is 4.06. The van der Waals surface area contributed by atoms with E-state index in [0.717, 1.165) is 25.2 Å². The van der Waals surface area contributed by atoms with Crippen molar-refractivity contribution < 1.29 is 13.6 Å². The molecule has 3 nitrogen and oxygen atoms in total. The van der Waals surface area contributed by atoms with Crippen molar-refractivity contribution in [2.75, 3.05) is 26.2 Å². The summed E-state index contributed by atoms with van der Waals surface area (Å²) in [6.45, 7) is 2.90. The van der Waals surface area contributed by atoms with Crippen molar-refractivity contribution >= 4 is 18.3 Å². The van der Waals surface area contributed by atoms with E-state index in [1.807, 2.05) is 0 Å². The topological polar surface area (TPSA) is 32.3 Å². The van der Waals surface area contributed by atoms with Crippen LogP contribution in [0.15, 0.2) is 18.2 Å². The first-order valence-corrected chi connectivity index (χ1v) is 5.59. The van der Waals surface area contributed by atoms with Crippen molar-refractivity contribution in [1.29, 1.82) is 0 Å². The largest absolute Gasteiger partial charge is 0.340 e. The van der Waals surface area contributed by atoms with Gasteiger partial charge in [0.05, 0.1) is 6.42 Å². The zero-order chi connectivity index (χ0) is 12.3. The number of nitrogens with one attached hydrogen (secondary N) is 1. The highest BCUT2D eigenvalue weighted by molar-refractivity contribution is 5.85. The van der Waals surface area contributed by atoms with Gasteiger partial charge >= 0.3 is 0 Å². The molecule has 0 atom stereocenters. The highest BCUT2D eigenvalue weighted by Crippen LogP contribution is 2.10. The average Bonchev–Trinajstić information content (AvgIpc) is 2.35. The van der Waals surface area contributed by atoms with Crippen LogP contribution in [-0.4, -0.2) is 37.0 Å². The quantitative estimate of drug-likeness (QED) is 0.885. The second kappa shape index (κ2) is 6.66. The Morgan fingerprint density at radius 1 is 1.22 bits per heavy atom. The van der Waals surface area contributed by atoms with Crippen molar-refractivity contribution in [1.82, 2.24) is 10.2 Å². The molecule has 2 rings (SSSR count). The third kappa shape index (κ3) is 3.65. The summed E-state index contributed by atoms with van der Waals surface area (Å²) >= 11 is 0. The predicted molar refractivity (Wildman–Crippen MR) is 66.8 cm³/mol. The second-order valence-electron chi connectivity index (χ2n) is 4.06. The van der Waals surface area contributed by atoms with Gasteiger partial charge in [-0.05, 0) is 17.7 Å². The molecule has 100 valence electrons. The summed E-state index contributed by atoms with van der Waals surface area (Å²) in [6.07, 6.45) is 0.122. The number of benzene rings is 1. The normalized spacial score (nSPS) is 15.1. The first kappa shape index (κ1) is 14.9. The van der Waals surface area contributed by atoms with Gasteiger partial charge in [-0.2, -0.15) is 0 Å². The summed E-state index contributed by atoms with van der Waals surface area (Å²) in [6, 6.07) is 3.57. The maximum absolute atomic E-state index is 13.0. The summed E-state index contributed by atoms with van der Waals surface area (Å²) < 4.78 is 25.7. The van der Waals surface area contributed by atoms with E-state index >= 15 is 0 Å². The number of rotatable bonds is 2. The van der Waals surface area contributed by atoms with Gasteiger partial charge in [0, 0.05) is 26.2 Å². The molecule has 1 aliphatic rings. The highest BCUT2D eigenvalue weighted by atomic mass is 35.5. The van der Waals surface area contributed by atoms with Gasteiger partial charge in [-0.25, -0.2) is 8.78 Å². The fraction of sp³-hybridized carbons (Fsp3) is 0.417. The highest BCUT2D eigenvalue weighted by Gasteiger charge is 2.16. The predicted octanol–water partition coefficient (Wildman–Crippen LogP) is 1.36. The zero-order valence-electron chi connectivity index (χ0n) is 9.79. The molecule has 0 spiro atoms. The molecule has 1 aromatic rings. The van der Waals surface area contributed by atoms with E-state index in [2.05, 4.69) is 5.32 Å². The summed E-state index contributed by atoms with van der Waals surface area (Å²) in [5.74, 6) is -1.84. The van der Waals surface area contributed by atoms with Crippen LogP contribution in [0.25, 0.3) is 0 Å². The van der Waals surface area contributed by atoms with Crippen LogP contribution in [0, 0.1) is 11.6 Å². The minimum Gasteiger partial charge on any atom is -0.340 e. The standard InChI is InChI=1S/C12H14F2N2O.ClH/c13-10-2-1-9(7-11(10)14)8-12(17)16-5-3-15-4-6-16;/h1-2,7,15H,3-6,8H2;1H. The maximum atomic E-state index is 13.0. The number of halogens is 3. The molecule has 1 aromatic carbocycles. The van der Waals surface area contributed by atoms with Gasteiger partial charge in [-0.3, -0.25) is 4.79 Å². The van der Waals surface area contributed by atoms with Crippen LogP contribution >= 0.6 is 12.4 Å². The molecule has 18 heavy (non-hydrogen) atoms. The molecule has 0 saturated carbocycles. The number of amides is 1. The Kier molecular flexibility index (Phi) is 5.50. The lowest BCUT2D eigenvalue weighted by Gasteiger charge is -2.27. The fourth-order valence-electron chi connectivity index (χ4n) is 1.85. The summed E-state index contributed by atoms with van der Waals surface area (Å²) in [5, 5.41) is 3.15. The summed E-state index contributed by atoms with van der Waals surface area (Å²) in [5.41, 5.74) is 0.507. The van der Waals surface area contributed by atoms with Crippen LogP contribution in [0.2, 0.25) is 0 Å². The van der Waals surface area contributed by atoms with Crippen molar-refractivity contribution in [3.05, 3.63) is 35.4 Å². The Labute approximate surface area is 111 Å². The van der Waals surface area contributed by atoms with E-state index in [-0.39, 0.29) is 24.7 Å².